The number of hydrogen-bond donors (Lipinski definition) is 3. The predicted octanol–water partition coefficient (Wildman–Crippen LogP) is 0.120. The zero-order valence-electron chi connectivity index (χ0n) is 20.1. The average molecular weight is 487 g/mol. The number of nitrogens with one attached hydrogen (secondary N) is 3. The standard InChI is InChI=1S/C25H35FN6O3/c26-20-6-5-17(15-21-23-18(4-3-7-27-23)24(34)29-28-21)14-19(20)25(35)32-12-10-30(11-13-32)16-22(33)31-8-1-2-9-31/h5-6,14,18,21,23,27-28H,1-4,7-13,15-16H2,(H,29,34). The Morgan fingerprint density at radius 3 is 2.54 bits per heavy atom. The number of hydrogen-bond acceptors (Lipinski definition) is 6. The highest BCUT2D eigenvalue weighted by atomic mass is 19.1. The van der Waals surface area contributed by atoms with Crippen LogP contribution in [0, 0.1) is 11.7 Å². The fourth-order valence-corrected chi connectivity index (χ4v) is 5.81. The van der Waals surface area contributed by atoms with Crippen LogP contribution in [-0.2, 0) is 16.0 Å². The number of piperazine rings is 1. The molecule has 3 amide bonds. The molecular weight excluding hydrogens is 451 g/mol. The van der Waals surface area contributed by atoms with Crippen molar-refractivity contribution in [3.63, 3.8) is 0 Å². The minimum absolute atomic E-state index is 0.00898. The smallest absolute Gasteiger partial charge is 0.256 e. The molecule has 9 nitrogen and oxygen atoms in total. The molecule has 5 rings (SSSR count). The first kappa shape index (κ1) is 24.1. The number of amides is 3. The zero-order valence-corrected chi connectivity index (χ0v) is 20.1. The summed E-state index contributed by atoms with van der Waals surface area (Å²) >= 11 is 0. The summed E-state index contributed by atoms with van der Waals surface area (Å²) < 4.78 is 14.7. The lowest BCUT2D eigenvalue weighted by Crippen LogP contribution is -2.67. The second-order valence-corrected chi connectivity index (χ2v) is 10.1. The highest BCUT2D eigenvalue weighted by Gasteiger charge is 2.40. The van der Waals surface area contributed by atoms with Gasteiger partial charge < -0.3 is 15.1 Å². The third-order valence-electron chi connectivity index (χ3n) is 7.85. The van der Waals surface area contributed by atoms with Gasteiger partial charge >= 0.3 is 0 Å². The fourth-order valence-electron chi connectivity index (χ4n) is 5.81. The monoisotopic (exact) mass is 486 g/mol. The maximum absolute atomic E-state index is 14.7. The van der Waals surface area contributed by atoms with Gasteiger partial charge in [0.1, 0.15) is 5.82 Å². The minimum Gasteiger partial charge on any atom is -0.342 e. The van der Waals surface area contributed by atoms with E-state index >= 15 is 0 Å². The first-order valence-electron chi connectivity index (χ1n) is 12.9. The van der Waals surface area contributed by atoms with Gasteiger partial charge in [-0.25, -0.2) is 9.82 Å². The van der Waals surface area contributed by atoms with E-state index in [1.54, 1.807) is 17.0 Å². The molecule has 4 aliphatic rings. The molecule has 0 bridgehead atoms. The van der Waals surface area contributed by atoms with Gasteiger partial charge in [-0.15, -0.1) is 0 Å². The molecular formula is C25H35FN6O3. The Labute approximate surface area is 205 Å². The van der Waals surface area contributed by atoms with Gasteiger partial charge in [0.2, 0.25) is 11.8 Å². The fraction of sp³-hybridized carbons (Fsp3) is 0.640. The van der Waals surface area contributed by atoms with Crippen LogP contribution in [0.1, 0.15) is 41.6 Å². The van der Waals surface area contributed by atoms with Crippen LogP contribution in [-0.4, -0.2) is 96.9 Å². The van der Waals surface area contributed by atoms with Crippen LogP contribution in [0.5, 0.6) is 0 Å². The molecule has 190 valence electrons. The SMILES string of the molecule is O=C1NNC(Cc2ccc(F)c(C(=O)N3CCN(CC(=O)N4CCCC4)CC3)c2)C2NCCCC12. The summed E-state index contributed by atoms with van der Waals surface area (Å²) in [6.45, 7) is 5.09. The third-order valence-corrected chi connectivity index (χ3v) is 7.85. The number of benzene rings is 1. The van der Waals surface area contributed by atoms with Gasteiger partial charge in [0.15, 0.2) is 0 Å². The van der Waals surface area contributed by atoms with Crippen molar-refractivity contribution in [2.24, 2.45) is 5.92 Å². The molecule has 3 unspecified atom stereocenters. The summed E-state index contributed by atoms with van der Waals surface area (Å²) in [7, 11) is 0. The summed E-state index contributed by atoms with van der Waals surface area (Å²) in [6, 6.07) is 4.70. The molecule has 4 aliphatic heterocycles. The number of piperidine rings is 1. The summed E-state index contributed by atoms with van der Waals surface area (Å²) in [6.07, 6.45) is 4.53. The summed E-state index contributed by atoms with van der Waals surface area (Å²) in [5.41, 5.74) is 6.81. The van der Waals surface area contributed by atoms with Gasteiger partial charge in [0, 0.05) is 51.4 Å². The van der Waals surface area contributed by atoms with Crippen molar-refractivity contribution in [2.75, 3.05) is 52.4 Å². The molecule has 1 aromatic carbocycles. The number of fused-ring (bicyclic) bond motifs is 1. The van der Waals surface area contributed by atoms with E-state index in [4.69, 9.17) is 0 Å². The van der Waals surface area contributed by atoms with Crippen LogP contribution < -0.4 is 16.2 Å². The molecule has 0 spiro atoms. The van der Waals surface area contributed by atoms with Crippen LogP contribution in [0.25, 0.3) is 0 Å². The Hall–Kier alpha value is -2.56. The highest BCUT2D eigenvalue weighted by Crippen LogP contribution is 2.24. The average Bonchev–Trinajstić information content (AvgIpc) is 3.42. The Bertz CT molecular complexity index is 961. The topological polar surface area (TPSA) is 97.0 Å². The molecule has 35 heavy (non-hydrogen) atoms. The molecule has 0 aromatic heterocycles. The van der Waals surface area contributed by atoms with E-state index in [-0.39, 0.29) is 41.3 Å². The molecule has 1 aromatic rings. The third kappa shape index (κ3) is 5.34. The Morgan fingerprint density at radius 1 is 1.00 bits per heavy atom. The predicted molar refractivity (Wildman–Crippen MR) is 128 cm³/mol. The number of carbonyl (C=O) groups is 3. The maximum atomic E-state index is 14.7. The molecule has 10 heteroatoms. The Balaban J connectivity index is 1.19. The van der Waals surface area contributed by atoms with Crippen molar-refractivity contribution >= 4 is 17.7 Å². The second kappa shape index (κ2) is 10.6. The van der Waals surface area contributed by atoms with E-state index in [2.05, 4.69) is 21.1 Å². The second-order valence-electron chi connectivity index (χ2n) is 10.1. The lowest BCUT2D eigenvalue weighted by Gasteiger charge is -2.41. The van der Waals surface area contributed by atoms with Gasteiger partial charge in [-0.1, -0.05) is 6.07 Å². The van der Waals surface area contributed by atoms with E-state index in [9.17, 15) is 18.8 Å². The zero-order chi connectivity index (χ0) is 24.4. The molecule has 3 atom stereocenters. The number of nitrogens with zero attached hydrogens (tertiary/aromatic N) is 3. The molecule has 3 N–H and O–H groups in total. The summed E-state index contributed by atoms with van der Waals surface area (Å²) in [4.78, 5) is 43.5. The number of carbonyl (C=O) groups excluding carboxylic acids is 3. The Kier molecular flexibility index (Phi) is 7.31. The molecule has 0 saturated carbocycles. The Morgan fingerprint density at radius 2 is 1.77 bits per heavy atom. The first-order chi connectivity index (χ1) is 17.0. The van der Waals surface area contributed by atoms with E-state index in [1.165, 1.54) is 6.07 Å². The van der Waals surface area contributed by atoms with Crippen LogP contribution in [0.4, 0.5) is 4.39 Å². The van der Waals surface area contributed by atoms with Gasteiger partial charge in [-0.05, 0) is 56.3 Å². The first-order valence-corrected chi connectivity index (χ1v) is 12.9. The number of likely N-dealkylation sites (tertiary alicyclic amines) is 1. The van der Waals surface area contributed by atoms with E-state index in [0.29, 0.717) is 39.1 Å². The van der Waals surface area contributed by atoms with E-state index in [0.717, 1.165) is 50.9 Å². The lowest BCUT2D eigenvalue weighted by atomic mass is 9.82. The number of halogens is 1. The summed E-state index contributed by atoms with van der Waals surface area (Å²) in [5.74, 6) is -0.750. The molecule has 4 fully saturated rings. The number of hydrazine groups is 1. The van der Waals surface area contributed by atoms with Crippen LogP contribution in [0.3, 0.4) is 0 Å². The highest BCUT2D eigenvalue weighted by molar-refractivity contribution is 5.94. The van der Waals surface area contributed by atoms with Crippen molar-refractivity contribution in [1.29, 1.82) is 0 Å². The summed E-state index contributed by atoms with van der Waals surface area (Å²) in [5, 5.41) is 3.45. The molecule has 4 heterocycles. The van der Waals surface area contributed by atoms with Crippen molar-refractivity contribution in [2.45, 2.75) is 44.2 Å². The van der Waals surface area contributed by atoms with Gasteiger partial charge in [-0.3, -0.25) is 24.7 Å². The van der Waals surface area contributed by atoms with Crippen LogP contribution in [0.2, 0.25) is 0 Å². The van der Waals surface area contributed by atoms with E-state index < -0.39 is 5.82 Å². The van der Waals surface area contributed by atoms with Gasteiger partial charge in [0.05, 0.1) is 18.0 Å². The molecule has 0 radical (unpaired) electrons. The molecule has 4 saturated heterocycles. The van der Waals surface area contributed by atoms with E-state index in [1.807, 2.05) is 4.90 Å². The maximum Gasteiger partial charge on any atom is 0.256 e. The van der Waals surface area contributed by atoms with Crippen molar-refractivity contribution in [3.05, 3.63) is 35.1 Å². The largest absolute Gasteiger partial charge is 0.342 e. The number of rotatable bonds is 5. The van der Waals surface area contributed by atoms with Crippen molar-refractivity contribution < 1.29 is 18.8 Å². The quantitative estimate of drug-likeness (QED) is 0.547. The lowest BCUT2D eigenvalue weighted by molar-refractivity contribution is -0.132. The van der Waals surface area contributed by atoms with Gasteiger partial charge in [0.25, 0.3) is 5.91 Å². The van der Waals surface area contributed by atoms with Crippen LogP contribution in [0.15, 0.2) is 18.2 Å². The van der Waals surface area contributed by atoms with Gasteiger partial charge in [-0.2, -0.15) is 0 Å². The normalized spacial score (nSPS) is 27.5. The van der Waals surface area contributed by atoms with Crippen molar-refractivity contribution in [1.82, 2.24) is 30.9 Å². The minimum atomic E-state index is -0.524. The van der Waals surface area contributed by atoms with Crippen molar-refractivity contribution in [3.8, 4) is 0 Å². The molecule has 0 aliphatic carbocycles. The van der Waals surface area contributed by atoms with Crippen LogP contribution >= 0.6 is 0 Å².